The standard InChI is InChI=1S/C13H18Si/c1-12(2)10-11-14(3,4)13-8-6-5-7-9-13/h5-9,12H,1-4H3. The molecule has 0 amide bonds. The van der Waals surface area contributed by atoms with Crippen LogP contribution in [0.15, 0.2) is 30.3 Å². The van der Waals surface area contributed by atoms with Crippen LogP contribution in [0, 0.1) is 17.4 Å². The van der Waals surface area contributed by atoms with Crippen molar-refractivity contribution in [1.82, 2.24) is 0 Å². The number of rotatable bonds is 1. The highest BCUT2D eigenvalue weighted by molar-refractivity contribution is 6.96. The minimum atomic E-state index is -1.50. The first-order valence-electron chi connectivity index (χ1n) is 5.10. The van der Waals surface area contributed by atoms with Crippen molar-refractivity contribution in [2.45, 2.75) is 26.9 Å². The van der Waals surface area contributed by atoms with Gasteiger partial charge in [-0.05, 0) is 5.19 Å². The second kappa shape index (κ2) is 4.48. The van der Waals surface area contributed by atoms with E-state index in [9.17, 15) is 0 Å². The van der Waals surface area contributed by atoms with Gasteiger partial charge in [-0.3, -0.25) is 0 Å². The molecule has 1 rings (SSSR count). The summed E-state index contributed by atoms with van der Waals surface area (Å²) in [5.41, 5.74) is 3.46. The molecule has 0 N–H and O–H groups in total. The fraction of sp³-hybridized carbons (Fsp3) is 0.385. The molecule has 0 spiro atoms. The average Bonchev–Trinajstić information content (AvgIpc) is 2.16. The van der Waals surface area contributed by atoms with Crippen LogP contribution >= 0.6 is 0 Å². The van der Waals surface area contributed by atoms with E-state index in [1.807, 2.05) is 0 Å². The molecule has 0 saturated heterocycles. The Bertz CT molecular complexity index is 338. The Balaban J connectivity index is 2.93. The molecule has 1 heteroatoms. The van der Waals surface area contributed by atoms with Gasteiger partial charge in [-0.15, -0.1) is 11.5 Å². The normalized spacial score (nSPS) is 10.9. The zero-order valence-electron chi connectivity index (χ0n) is 9.46. The Morgan fingerprint density at radius 3 is 2.14 bits per heavy atom. The monoisotopic (exact) mass is 202 g/mol. The molecule has 0 aliphatic heterocycles. The number of hydrogen-bond donors (Lipinski definition) is 0. The van der Waals surface area contributed by atoms with Crippen molar-refractivity contribution in [1.29, 1.82) is 0 Å². The van der Waals surface area contributed by atoms with E-state index in [4.69, 9.17) is 0 Å². The lowest BCUT2D eigenvalue weighted by atomic mass is 10.2. The summed E-state index contributed by atoms with van der Waals surface area (Å²) >= 11 is 0. The molecule has 0 radical (unpaired) electrons. The van der Waals surface area contributed by atoms with E-state index in [2.05, 4.69) is 68.7 Å². The van der Waals surface area contributed by atoms with Crippen molar-refractivity contribution in [3.63, 3.8) is 0 Å². The van der Waals surface area contributed by atoms with Crippen LogP contribution in [0.5, 0.6) is 0 Å². The lowest BCUT2D eigenvalue weighted by Gasteiger charge is -2.15. The lowest BCUT2D eigenvalue weighted by Crippen LogP contribution is -2.40. The fourth-order valence-electron chi connectivity index (χ4n) is 1.25. The van der Waals surface area contributed by atoms with Crippen molar-refractivity contribution < 1.29 is 0 Å². The molecule has 14 heavy (non-hydrogen) atoms. The van der Waals surface area contributed by atoms with Crippen LogP contribution in [-0.4, -0.2) is 8.07 Å². The van der Waals surface area contributed by atoms with Gasteiger partial charge < -0.3 is 0 Å². The smallest absolute Gasteiger partial charge is 0.126 e. The minimum absolute atomic E-state index is 0.477. The molecule has 0 atom stereocenters. The maximum Gasteiger partial charge on any atom is 0.162 e. The van der Waals surface area contributed by atoms with Gasteiger partial charge in [0, 0.05) is 5.92 Å². The second-order valence-corrected chi connectivity index (χ2v) is 8.49. The van der Waals surface area contributed by atoms with Crippen LogP contribution in [0.1, 0.15) is 13.8 Å². The maximum absolute atomic E-state index is 3.46. The van der Waals surface area contributed by atoms with Crippen molar-refractivity contribution in [3.05, 3.63) is 30.3 Å². The molecule has 74 valence electrons. The van der Waals surface area contributed by atoms with E-state index < -0.39 is 8.07 Å². The van der Waals surface area contributed by atoms with E-state index in [1.165, 1.54) is 5.19 Å². The summed E-state index contributed by atoms with van der Waals surface area (Å²) in [6, 6.07) is 10.6. The van der Waals surface area contributed by atoms with Gasteiger partial charge in [0.1, 0.15) is 0 Å². The van der Waals surface area contributed by atoms with Crippen molar-refractivity contribution in [3.8, 4) is 11.5 Å². The first kappa shape index (κ1) is 11.1. The zero-order chi connectivity index (χ0) is 10.6. The molecule has 0 aliphatic rings. The highest BCUT2D eigenvalue weighted by Gasteiger charge is 2.20. The molecule has 0 fully saturated rings. The first-order valence-corrected chi connectivity index (χ1v) is 8.10. The molecule has 0 aromatic heterocycles. The Morgan fingerprint density at radius 1 is 1.07 bits per heavy atom. The highest BCUT2D eigenvalue weighted by atomic mass is 28.3. The largest absolute Gasteiger partial charge is 0.162 e. The Labute approximate surface area is 88.4 Å². The van der Waals surface area contributed by atoms with Gasteiger partial charge in [0.25, 0.3) is 0 Å². The summed E-state index contributed by atoms with van der Waals surface area (Å²) in [5, 5.41) is 1.42. The summed E-state index contributed by atoms with van der Waals surface area (Å²) in [6.07, 6.45) is 0. The van der Waals surface area contributed by atoms with E-state index in [-0.39, 0.29) is 0 Å². The molecule has 1 aromatic carbocycles. The Kier molecular flexibility index (Phi) is 3.54. The molecular weight excluding hydrogens is 184 g/mol. The summed E-state index contributed by atoms with van der Waals surface area (Å²) in [7, 11) is -1.50. The predicted molar refractivity (Wildman–Crippen MR) is 66.2 cm³/mol. The van der Waals surface area contributed by atoms with Crippen molar-refractivity contribution in [2.24, 2.45) is 5.92 Å². The van der Waals surface area contributed by atoms with Crippen LogP contribution < -0.4 is 5.19 Å². The fourth-order valence-corrected chi connectivity index (χ4v) is 3.07. The van der Waals surface area contributed by atoms with Crippen molar-refractivity contribution >= 4 is 13.3 Å². The van der Waals surface area contributed by atoms with Gasteiger partial charge >= 0.3 is 0 Å². The van der Waals surface area contributed by atoms with Gasteiger partial charge in [0.05, 0.1) is 0 Å². The van der Waals surface area contributed by atoms with E-state index in [0.717, 1.165) is 0 Å². The Hall–Kier alpha value is -1.00. The van der Waals surface area contributed by atoms with Crippen LogP contribution in [0.3, 0.4) is 0 Å². The topological polar surface area (TPSA) is 0 Å². The van der Waals surface area contributed by atoms with E-state index in [1.54, 1.807) is 0 Å². The van der Waals surface area contributed by atoms with Crippen LogP contribution in [0.2, 0.25) is 13.1 Å². The first-order chi connectivity index (χ1) is 6.52. The quantitative estimate of drug-likeness (QED) is 0.485. The van der Waals surface area contributed by atoms with Gasteiger partial charge in [0.15, 0.2) is 8.07 Å². The maximum atomic E-state index is 3.46. The average molecular weight is 202 g/mol. The highest BCUT2D eigenvalue weighted by Crippen LogP contribution is 2.02. The molecule has 0 saturated carbocycles. The van der Waals surface area contributed by atoms with Gasteiger partial charge in [-0.1, -0.05) is 57.3 Å². The van der Waals surface area contributed by atoms with Gasteiger partial charge in [-0.2, -0.15) is 0 Å². The molecule has 0 heterocycles. The zero-order valence-corrected chi connectivity index (χ0v) is 10.5. The third-order valence-electron chi connectivity index (χ3n) is 2.17. The van der Waals surface area contributed by atoms with Crippen LogP contribution in [0.25, 0.3) is 0 Å². The number of benzene rings is 1. The second-order valence-electron chi connectivity index (χ2n) is 4.42. The minimum Gasteiger partial charge on any atom is -0.126 e. The van der Waals surface area contributed by atoms with Gasteiger partial charge in [0.2, 0.25) is 0 Å². The lowest BCUT2D eigenvalue weighted by molar-refractivity contribution is 0.867. The predicted octanol–water partition coefficient (Wildman–Crippen LogP) is 2.80. The molecule has 1 aromatic rings. The summed E-state index contributed by atoms with van der Waals surface area (Å²) in [6.45, 7) is 8.89. The summed E-state index contributed by atoms with van der Waals surface area (Å²) in [5.74, 6) is 3.77. The molecular formula is C13H18Si. The third kappa shape index (κ3) is 3.05. The molecule has 0 bridgehead atoms. The summed E-state index contributed by atoms with van der Waals surface area (Å²) < 4.78 is 0. The van der Waals surface area contributed by atoms with Crippen molar-refractivity contribution in [2.75, 3.05) is 0 Å². The number of hydrogen-bond acceptors (Lipinski definition) is 0. The van der Waals surface area contributed by atoms with E-state index >= 15 is 0 Å². The van der Waals surface area contributed by atoms with Crippen LogP contribution in [-0.2, 0) is 0 Å². The Morgan fingerprint density at radius 2 is 1.64 bits per heavy atom. The summed E-state index contributed by atoms with van der Waals surface area (Å²) in [4.78, 5) is 0. The molecule has 0 aliphatic carbocycles. The SMILES string of the molecule is CC(C)C#C[Si](C)(C)c1ccccc1. The molecule has 0 unspecified atom stereocenters. The van der Waals surface area contributed by atoms with Crippen LogP contribution in [0.4, 0.5) is 0 Å². The van der Waals surface area contributed by atoms with E-state index in [0.29, 0.717) is 5.92 Å². The third-order valence-corrected chi connectivity index (χ3v) is 4.71. The van der Waals surface area contributed by atoms with Gasteiger partial charge in [-0.25, -0.2) is 0 Å². The molecule has 0 nitrogen and oxygen atoms in total.